The fourth-order valence-electron chi connectivity index (χ4n) is 4.09. The van der Waals surface area contributed by atoms with Gasteiger partial charge in [0.25, 0.3) is 0 Å². The van der Waals surface area contributed by atoms with Crippen LogP contribution in [0.3, 0.4) is 0 Å². The van der Waals surface area contributed by atoms with Gasteiger partial charge in [-0.2, -0.15) is 0 Å². The molecule has 3 aromatic rings. The Balaban J connectivity index is 1.60. The Morgan fingerprint density at radius 2 is 1.69 bits per heavy atom. The minimum atomic E-state index is 0.513. The highest BCUT2D eigenvalue weighted by molar-refractivity contribution is 5.48. The number of fused-ring (bicyclic) bond motifs is 1. The third-order valence-corrected chi connectivity index (χ3v) is 5.54. The molecule has 4 heteroatoms. The maximum absolute atomic E-state index is 6.16. The number of ether oxygens (including phenoxy) is 1. The predicted octanol–water partition coefficient (Wildman–Crippen LogP) is 5.36. The molecule has 0 atom stereocenters. The monoisotopic (exact) mass is 349 g/mol. The van der Waals surface area contributed by atoms with E-state index in [2.05, 4.69) is 65.0 Å². The summed E-state index contributed by atoms with van der Waals surface area (Å²) in [4.78, 5) is 0. The largest absolute Gasteiger partial charge is 0.488 e. The van der Waals surface area contributed by atoms with E-state index < -0.39 is 0 Å². The number of nitrogens with zero attached hydrogens (tertiary/aromatic N) is 3. The lowest BCUT2D eigenvalue weighted by atomic mass is 9.99. The lowest BCUT2D eigenvalue weighted by molar-refractivity contribution is 0.302. The summed E-state index contributed by atoms with van der Waals surface area (Å²) in [6, 6.07) is 10.4. The SMILES string of the molecule is Cc1cccc(C)c1OCc1cccn2c(C3CCCCCC3)nnc12. The molecule has 26 heavy (non-hydrogen) atoms. The van der Waals surface area contributed by atoms with Crippen molar-refractivity contribution in [3.63, 3.8) is 0 Å². The third kappa shape index (κ3) is 3.33. The van der Waals surface area contributed by atoms with E-state index in [0.717, 1.165) is 33.9 Å². The molecule has 0 amide bonds. The van der Waals surface area contributed by atoms with Crippen molar-refractivity contribution in [3.8, 4) is 5.75 Å². The minimum Gasteiger partial charge on any atom is -0.488 e. The van der Waals surface area contributed by atoms with Gasteiger partial charge >= 0.3 is 0 Å². The summed E-state index contributed by atoms with van der Waals surface area (Å²) >= 11 is 0. The van der Waals surface area contributed by atoms with Crippen molar-refractivity contribution in [2.24, 2.45) is 0 Å². The van der Waals surface area contributed by atoms with Crippen LogP contribution in [0.15, 0.2) is 36.5 Å². The van der Waals surface area contributed by atoms with Crippen molar-refractivity contribution in [1.29, 1.82) is 0 Å². The Kier molecular flexibility index (Phi) is 4.91. The molecule has 0 bridgehead atoms. The van der Waals surface area contributed by atoms with Crippen LogP contribution >= 0.6 is 0 Å². The molecule has 0 saturated heterocycles. The van der Waals surface area contributed by atoms with Gasteiger partial charge in [0.2, 0.25) is 0 Å². The van der Waals surface area contributed by atoms with Crippen molar-refractivity contribution in [2.45, 2.75) is 64.9 Å². The summed E-state index contributed by atoms with van der Waals surface area (Å²) in [6.07, 6.45) is 9.85. The molecular formula is C22H27N3O. The van der Waals surface area contributed by atoms with E-state index in [9.17, 15) is 0 Å². The average molecular weight is 349 g/mol. The minimum absolute atomic E-state index is 0.513. The van der Waals surface area contributed by atoms with E-state index >= 15 is 0 Å². The smallest absolute Gasteiger partial charge is 0.167 e. The zero-order valence-electron chi connectivity index (χ0n) is 15.7. The van der Waals surface area contributed by atoms with E-state index in [4.69, 9.17) is 4.74 Å². The van der Waals surface area contributed by atoms with Gasteiger partial charge < -0.3 is 4.74 Å². The van der Waals surface area contributed by atoms with Crippen molar-refractivity contribution in [1.82, 2.24) is 14.6 Å². The van der Waals surface area contributed by atoms with E-state index in [0.29, 0.717) is 12.5 Å². The second-order valence-corrected chi connectivity index (χ2v) is 7.48. The standard InChI is InChI=1S/C22H27N3O/c1-16-9-7-10-17(2)20(16)26-15-19-13-8-14-25-21(23-24-22(19)25)18-11-5-3-4-6-12-18/h7-10,13-14,18H,3-6,11-12,15H2,1-2H3. The van der Waals surface area contributed by atoms with Crippen molar-refractivity contribution in [2.75, 3.05) is 0 Å². The Morgan fingerprint density at radius 3 is 2.42 bits per heavy atom. The number of pyridine rings is 1. The van der Waals surface area contributed by atoms with Crippen LogP contribution in [0.25, 0.3) is 5.65 Å². The topological polar surface area (TPSA) is 39.4 Å². The van der Waals surface area contributed by atoms with Crippen LogP contribution in [0.2, 0.25) is 0 Å². The highest BCUT2D eigenvalue weighted by atomic mass is 16.5. The first-order valence-electron chi connectivity index (χ1n) is 9.75. The molecule has 1 fully saturated rings. The molecule has 1 saturated carbocycles. The molecule has 0 N–H and O–H groups in total. The lowest BCUT2D eigenvalue weighted by Crippen LogP contribution is -2.05. The van der Waals surface area contributed by atoms with Gasteiger partial charge in [0.05, 0.1) is 0 Å². The highest BCUT2D eigenvalue weighted by Gasteiger charge is 2.20. The van der Waals surface area contributed by atoms with Crippen LogP contribution in [0.1, 0.15) is 67.0 Å². The van der Waals surface area contributed by atoms with Gasteiger partial charge in [-0.05, 0) is 43.9 Å². The zero-order valence-corrected chi connectivity index (χ0v) is 15.7. The number of aryl methyl sites for hydroxylation is 2. The molecule has 0 unspecified atom stereocenters. The maximum atomic E-state index is 6.16. The molecular weight excluding hydrogens is 322 g/mol. The first kappa shape index (κ1) is 17.1. The molecule has 136 valence electrons. The first-order chi connectivity index (χ1) is 12.7. The van der Waals surface area contributed by atoms with Gasteiger partial charge in [0.15, 0.2) is 5.65 Å². The van der Waals surface area contributed by atoms with Crippen LogP contribution in [0.5, 0.6) is 5.75 Å². The van der Waals surface area contributed by atoms with E-state index in [-0.39, 0.29) is 0 Å². The van der Waals surface area contributed by atoms with Crippen LogP contribution in [0, 0.1) is 13.8 Å². The molecule has 1 aromatic carbocycles. The van der Waals surface area contributed by atoms with Crippen LogP contribution < -0.4 is 4.74 Å². The predicted molar refractivity (Wildman–Crippen MR) is 104 cm³/mol. The molecule has 0 spiro atoms. The molecule has 4 rings (SSSR count). The molecule has 0 aliphatic heterocycles. The van der Waals surface area contributed by atoms with Crippen molar-refractivity contribution >= 4 is 5.65 Å². The normalized spacial score (nSPS) is 15.9. The van der Waals surface area contributed by atoms with Gasteiger partial charge in [-0.25, -0.2) is 0 Å². The van der Waals surface area contributed by atoms with Gasteiger partial charge in [-0.3, -0.25) is 4.40 Å². The molecule has 2 heterocycles. The lowest BCUT2D eigenvalue weighted by Gasteiger charge is -2.14. The van der Waals surface area contributed by atoms with Gasteiger partial charge in [0, 0.05) is 17.7 Å². The maximum Gasteiger partial charge on any atom is 0.167 e. The fourth-order valence-corrected chi connectivity index (χ4v) is 4.09. The summed E-state index contributed by atoms with van der Waals surface area (Å²) < 4.78 is 8.34. The number of para-hydroxylation sites is 1. The second-order valence-electron chi connectivity index (χ2n) is 7.48. The van der Waals surface area contributed by atoms with Crippen molar-refractivity contribution < 1.29 is 4.74 Å². The van der Waals surface area contributed by atoms with Crippen LogP contribution in [-0.4, -0.2) is 14.6 Å². The molecule has 0 radical (unpaired) electrons. The molecule has 1 aliphatic rings. The Bertz CT molecular complexity index is 871. The number of hydrogen-bond donors (Lipinski definition) is 0. The summed E-state index contributed by atoms with van der Waals surface area (Å²) in [6.45, 7) is 4.69. The molecule has 1 aliphatic carbocycles. The summed E-state index contributed by atoms with van der Waals surface area (Å²) in [5.41, 5.74) is 4.34. The third-order valence-electron chi connectivity index (χ3n) is 5.54. The Hall–Kier alpha value is -2.36. The number of benzene rings is 1. The van der Waals surface area contributed by atoms with Gasteiger partial charge in [0.1, 0.15) is 18.2 Å². The summed E-state index contributed by atoms with van der Waals surface area (Å²) in [5.74, 6) is 2.62. The zero-order chi connectivity index (χ0) is 17.9. The van der Waals surface area contributed by atoms with Crippen molar-refractivity contribution in [3.05, 3.63) is 59.0 Å². The highest BCUT2D eigenvalue weighted by Crippen LogP contribution is 2.31. The quantitative estimate of drug-likeness (QED) is 0.595. The van der Waals surface area contributed by atoms with Crippen LogP contribution in [-0.2, 0) is 6.61 Å². The summed E-state index contributed by atoms with van der Waals surface area (Å²) in [7, 11) is 0. The summed E-state index contributed by atoms with van der Waals surface area (Å²) in [5, 5.41) is 9.08. The fraction of sp³-hybridized carbons (Fsp3) is 0.455. The van der Waals surface area contributed by atoms with E-state index in [1.807, 2.05) is 0 Å². The van der Waals surface area contributed by atoms with E-state index in [1.165, 1.54) is 38.5 Å². The first-order valence-corrected chi connectivity index (χ1v) is 9.75. The Labute approximate surface area is 155 Å². The Morgan fingerprint density at radius 1 is 0.962 bits per heavy atom. The van der Waals surface area contributed by atoms with Crippen LogP contribution in [0.4, 0.5) is 0 Å². The van der Waals surface area contributed by atoms with Gasteiger partial charge in [-0.1, -0.05) is 49.9 Å². The molecule has 4 nitrogen and oxygen atoms in total. The molecule has 2 aromatic heterocycles. The average Bonchev–Trinajstić information content (AvgIpc) is 2.89. The van der Waals surface area contributed by atoms with Gasteiger partial charge in [-0.15, -0.1) is 10.2 Å². The second kappa shape index (κ2) is 7.48. The van der Waals surface area contributed by atoms with E-state index in [1.54, 1.807) is 0 Å². The number of rotatable bonds is 4. The number of aromatic nitrogens is 3. The number of hydrogen-bond acceptors (Lipinski definition) is 3.